The fourth-order valence-electron chi connectivity index (χ4n) is 3.20. The van der Waals surface area contributed by atoms with Crippen LogP contribution in [0.2, 0.25) is 0 Å². The molecule has 1 saturated heterocycles. The van der Waals surface area contributed by atoms with Gasteiger partial charge in [-0.3, -0.25) is 4.99 Å². The lowest BCUT2D eigenvalue weighted by atomic mass is 10.1. The molecule has 0 radical (unpaired) electrons. The van der Waals surface area contributed by atoms with Crippen LogP contribution in [0.5, 0.6) is 0 Å². The number of nitrogens with zero attached hydrogens (tertiary/aromatic N) is 4. The van der Waals surface area contributed by atoms with Gasteiger partial charge in [0.1, 0.15) is 5.82 Å². The van der Waals surface area contributed by atoms with Gasteiger partial charge in [-0.15, -0.1) is 0 Å². The molecule has 7 heteroatoms. The smallest absolute Gasteiger partial charge is 0.191 e. The molecule has 146 valence electrons. The minimum absolute atomic E-state index is 0.369. The predicted molar refractivity (Wildman–Crippen MR) is 108 cm³/mol. The van der Waals surface area contributed by atoms with Crippen molar-refractivity contribution in [2.24, 2.45) is 4.99 Å². The number of anilines is 1. The van der Waals surface area contributed by atoms with Gasteiger partial charge in [-0.2, -0.15) is 0 Å². The van der Waals surface area contributed by atoms with E-state index in [1.165, 1.54) is 0 Å². The van der Waals surface area contributed by atoms with Crippen LogP contribution < -0.4 is 15.5 Å². The molecule has 2 aromatic rings. The maximum absolute atomic E-state index is 5.37. The topological polar surface area (TPSA) is 78.6 Å². The summed E-state index contributed by atoms with van der Waals surface area (Å²) < 4.78 is 5.37. The van der Waals surface area contributed by atoms with Gasteiger partial charge in [-0.25, -0.2) is 4.98 Å². The van der Waals surface area contributed by atoms with E-state index in [2.05, 4.69) is 56.6 Å². The first-order chi connectivity index (χ1) is 13.0. The number of piperidine rings is 1. The number of aryl methyl sites for hydroxylation is 1. The lowest BCUT2D eigenvalue weighted by Crippen LogP contribution is -2.48. The quantitative estimate of drug-likeness (QED) is 0.622. The van der Waals surface area contributed by atoms with E-state index in [4.69, 9.17) is 4.52 Å². The zero-order chi connectivity index (χ0) is 19.2. The first-order valence-corrected chi connectivity index (χ1v) is 9.66. The Balaban J connectivity index is 1.46. The van der Waals surface area contributed by atoms with Gasteiger partial charge in [-0.1, -0.05) is 25.1 Å². The Hall–Kier alpha value is -2.57. The summed E-state index contributed by atoms with van der Waals surface area (Å²) in [6.45, 7) is 8.80. The van der Waals surface area contributed by atoms with Gasteiger partial charge in [0.15, 0.2) is 11.7 Å². The Morgan fingerprint density at radius 1 is 1.33 bits per heavy atom. The van der Waals surface area contributed by atoms with Gasteiger partial charge >= 0.3 is 0 Å². The van der Waals surface area contributed by atoms with E-state index in [9.17, 15) is 0 Å². The van der Waals surface area contributed by atoms with Crippen molar-refractivity contribution in [2.75, 3.05) is 25.0 Å². The number of aromatic nitrogens is 2. The van der Waals surface area contributed by atoms with Crippen LogP contribution in [0.15, 0.2) is 33.8 Å². The van der Waals surface area contributed by atoms with Crippen LogP contribution in [-0.4, -0.2) is 42.3 Å². The first-order valence-electron chi connectivity index (χ1n) is 9.66. The third-order valence-electron chi connectivity index (χ3n) is 4.86. The number of pyridine rings is 1. The van der Waals surface area contributed by atoms with Crippen molar-refractivity contribution in [1.29, 1.82) is 0 Å². The predicted octanol–water partition coefficient (Wildman–Crippen LogP) is 2.84. The molecule has 1 fully saturated rings. The molecule has 0 aromatic carbocycles. The summed E-state index contributed by atoms with van der Waals surface area (Å²) in [6, 6.07) is 8.59. The van der Waals surface area contributed by atoms with Crippen LogP contribution in [0, 0.1) is 6.92 Å². The standard InChI is InChI=1S/C20H30N6O/c1-14(2)18-12-17(27-25-18)13-22-20(21-4)24-16-8-10-26(11-9-16)19-7-5-6-15(3)23-19/h5-7,12,14,16H,8-11,13H2,1-4H3,(H2,21,22,24). The van der Waals surface area contributed by atoms with Crippen LogP contribution in [0.1, 0.15) is 49.8 Å². The Labute approximate surface area is 161 Å². The third-order valence-corrected chi connectivity index (χ3v) is 4.86. The lowest BCUT2D eigenvalue weighted by Gasteiger charge is -2.33. The maximum Gasteiger partial charge on any atom is 0.191 e. The van der Waals surface area contributed by atoms with E-state index in [0.717, 1.165) is 54.9 Å². The minimum atomic E-state index is 0.369. The summed E-state index contributed by atoms with van der Waals surface area (Å²) in [5.41, 5.74) is 2.04. The summed E-state index contributed by atoms with van der Waals surface area (Å²) in [4.78, 5) is 11.3. The molecule has 0 spiro atoms. The highest BCUT2D eigenvalue weighted by Gasteiger charge is 2.21. The summed E-state index contributed by atoms with van der Waals surface area (Å²) in [5.74, 6) is 3.06. The van der Waals surface area contributed by atoms with E-state index in [1.807, 2.05) is 19.1 Å². The number of hydrogen-bond acceptors (Lipinski definition) is 5. The minimum Gasteiger partial charge on any atom is -0.359 e. The van der Waals surface area contributed by atoms with Gasteiger partial charge < -0.3 is 20.1 Å². The van der Waals surface area contributed by atoms with Crippen molar-refractivity contribution in [3.8, 4) is 0 Å². The molecule has 7 nitrogen and oxygen atoms in total. The van der Waals surface area contributed by atoms with Crippen LogP contribution in [0.4, 0.5) is 5.82 Å². The van der Waals surface area contributed by atoms with Crippen molar-refractivity contribution in [3.05, 3.63) is 41.4 Å². The van der Waals surface area contributed by atoms with Crippen molar-refractivity contribution in [1.82, 2.24) is 20.8 Å². The second-order valence-electron chi connectivity index (χ2n) is 7.34. The molecule has 2 N–H and O–H groups in total. The summed E-state index contributed by atoms with van der Waals surface area (Å²) >= 11 is 0. The van der Waals surface area contributed by atoms with E-state index in [0.29, 0.717) is 18.5 Å². The number of nitrogens with one attached hydrogen (secondary N) is 2. The van der Waals surface area contributed by atoms with Crippen molar-refractivity contribution >= 4 is 11.8 Å². The highest BCUT2D eigenvalue weighted by molar-refractivity contribution is 5.79. The number of hydrogen-bond donors (Lipinski definition) is 2. The zero-order valence-electron chi connectivity index (χ0n) is 16.7. The summed E-state index contributed by atoms with van der Waals surface area (Å²) in [7, 11) is 1.79. The lowest BCUT2D eigenvalue weighted by molar-refractivity contribution is 0.371. The molecular weight excluding hydrogens is 340 g/mol. The number of guanidine groups is 1. The van der Waals surface area contributed by atoms with Crippen LogP contribution in [-0.2, 0) is 6.54 Å². The van der Waals surface area contributed by atoms with Crippen LogP contribution >= 0.6 is 0 Å². The van der Waals surface area contributed by atoms with E-state index < -0.39 is 0 Å². The molecular formula is C20H30N6O. The second-order valence-corrected chi connectivity index (χ2v) is 7.34. The number of rotatable bonds is 5. The van der Waals surface area contributed by atoms with E-state index >= 15 is 0 Å². The molecule has 3 heterocycles. The fourth-order valence-corrected chi connectivity index (χ4v) is 3.20. The Morgan fingerprint density at radius 3 is 2.74 bits per heavy atom. The highest BCUT2D eigenvalue weighted by atomic mass is 16.5. The van der Waals surface area contributed by atoms with Gasteiger partial charge in [-0.05, 0) is 37.8 Å². The maximum atomic E-state index is 5.37. The van der Waals surface area contributed by atoms with Gasteiger partial charge in [0, 0.05) is 37.9 Å². The monoisotopic (exact) mass is 370 g/mol. The SMILES string of the molecule is CN=C(NCc1cc(C(C)C)no1)NC1CCN(c2cccc(C)n2)CC1. The molecule has 0 aliphatic carbocycles. The fraction of sp³-hybridized carbons (Fsp3) is 0.550. The Kier molecular flexibility index (Phi) is 6.32. The van der Waals surface area contributed by atoms with E-state index in [-0.39, 0.29) is 0 Å². The van der Waals surface area contributed by atoms with Crippen LogP contribution in [0.25, 0.3) is 0 Å². The molecule has 1 aliphatic heterocycles. The largest absolute Gasteiger partial charge is 0.359 e. The molecule has 2 aromatic heterocycles. The molecule has 3 rings (SSSR count). The van der Waals surface area contributed by atoms with Crippen LogP contribution in [0.3, 0.4) is 0 Å². The van der Waals surface area contributed by atoms with Gasteiger partial charge in [0.25, 0.3) is 0 Å². The molecule has 0 amide bonds. The second kappa shape index (κ2) is 8.88. The third kappa shape index (κ3) is 5.21. The molecule has 0 bridgehead atoms. The van der Waals surface area contributed by atoms with Crippen molar-refractivity contribution < 1.29 is 4.52 Å². The summed E-state index contributed by atoms with van der Waals surface area (Å²) in [6.07, 6.45) is 2.10. The number of aliphatic imine (C=N–C) groups is 1. The zero-order valence-corrected chi connectivity index (χ0v) is 16.7. The molecule has 1 aliphatic rings. The normalized spacial score (nSPS) is 16.0. The van der Waals surface area contributed by atoms with Crippen molar-refractivity contribution in [2.45, 2.75) is 52.1 Å². The highest BCUT2D eigenvalue weighted by Crippen LogP contribution is 2.18. The first kappa shape index (κ1) is 19.2. The molecule has 0 saturated carbocycles. The van der Waals surface area contributed by atoms with Gasteiger partial charge in [0.05, 0.1) is 12.2 Å². The molecule has 0 atom stereocenters. The average molecular weight is 371 g/mol. The average Bonchev–Trinajstić information content (AvgIpc) is 3.15. The molecule has 27 heavy (non-hydrogen) atoms. The van der Waals surface area contributed by atoms with E-state index in [1.54, 1.807) is 7.05 Å². The molecule has 0 unspecified atom stereocenters. The Morgan fingerprint density at radius 2 is 2.11 bits per heavy atom. The Bertz CT molecular complexity index is 761. The van der Waals surface area contributed by atoms with Crippen molar-refractivity contribution in [3.63, 3.8) is 0 Å². The summed E-state index contributed by atoms with van der Waals surface area (Å²) in [5, 5.41) is 10.9. The van der Waals surface area contributed by atoms with Gasteiger partial charge in [0.2, 0.25) is 0 Å².